The van der Waals surface area contributed by atoms with Gasteiger partial charge in [0.1, 0.15) is 10.7 Å². The topological polar surface area (TPSA) is 87.6 Å². The zero-order chi connectivity index (χ0) is 20.5. The summed E-state index contributed by atoms with van der Waals surface area (Å²) in [5.41, 5.74) is 0.613. The van der Waals surface area contributed by atoms with Gasteiger partial charge < -0.3 is 15.3 Å². The number of nitrogens with one attached hydrogen (secondary N) is 1. The van der Waals surface area contributed by atoms with Crippen LogP contribution in [0.4, 0.5) is 0 Å². The Hall–Kier alpha value is -1.39. The molecule has 1 fully saturated rings. The second-order valence-corrected chi connectivity index (χ2v) is 10.2. The monoisotopic (exact) mass is 424 g/mol. The number of hydrogen-bond donors (Lipinski definition) is 2. The van der Waals surface area contributed by atoms with E-state index in [1.54, 1.807) is 16.7 Å². The SMILES string of the molecule is COC(=O)c1csc(-c2csc(CCNC3CC(C)(C)N(O)C(C)(C)C3)n2)n1. The molecular formula is C19H28N4O3S2. The number of hydroxylamine groups is 2. The maximum atomic E-state index is 11.5. The molecule has 0 aliphatic carbocycles. The Bertz CT molecular complexity index is 813. The fourth-order valence-electron chi connectivity index (χ4n) is 3.91. The number of esters is 1. The van der Waals surface area contributed by atoms with Gasteiger partial charge in [-0.3, -0.25) is 0 Å². The van der Waals surface area contributed by atoms with E-state index in [0.717, 1.165) is 41.5 Å². The van der Waals surface area contributed by atoms with Crippen LogP contribution < -0.4 is 5.32 Å². The van der Waals surface area contributed by atoms with Crippen molar-refractivity contribution in [3.05, 3.63) is 21.5 Å². The molecule has 28 heavy (non-hydrogen) atoms. The first-order valence-corrected chi connectivity index (χ1v) is 11.1. The predicted molar refractivity (Wildman–Crippen MR) is 111 cm³/mol. The number of methoxy groups -OCH3 is 1. The third kappa shape index (κ3) is 4.60. The van der Waals surface area contributed by atoms with Crippen LogP contribution in [0.15, 0.2) is 10.8 Å². The van der Waals surface area contributed by atoms with Gasteiger partial charge in [-0.1, -0.05) is 0 Å². The van der Waals surface area contributed by atoms with E-state index in [1.807, 2.05) is 5.38 Å². The van der Waals surface area contributed by atoms with Gasteiger partial charge in [-0.05, 0) is 40.5 Å². The maximum absolute atomic E-state index is 11.5. The van der Waals surface area contributed by atoms with E-state index in [1.165, 1.54) is 23.5 Å². The first kappa shape index (κ1) is 21.3. The molecule has 1 aliphatic heterocycles. The maximum Gasteiger partial charge on any atom is 0.357 e. The molecule has 0 unspecified atom stereocenters. The Morgan fingerprint density at radius 2 is 1.93 bits per heavy atom. The fourth-order valence-corrected chi connectivity index (χ4v) is 5.52. The third-order valence-corrected chi connectivity index (χ3v) is 6.85. The number of carbonyl (C=O) groups excluding carboxylic acids is 1. The highest BCUT2D eigenvalue weighted by Gasteiger charge is 2.44. The van der Waals surface area contributed by atoms with E-state index < -0.39 is 5.97 Å². The number of hydrogen-bond acceptors (Lipinski definition) is 9. The molecule has 2 N–H and O–H groups in total. The standard InChI is InChI=1S/C19H28N4O3S2/c1-18(2)8-12(9-19(3,4)23(18)25)20-7-6-15-21-13(10-27-15)16-22-14(11-28-16)17(24)26-5/h10-12,20,25H,6-9H2,1-5H3. The first-order valence-electron chi connectivity index (χ1n) is 9.33. The molecule has 154 valence electrons. The molecule has 0 amide bonds. The number of aromatic nitrogens is 2. The molecule has 2 aromatic rings. The molecular weight excluding hydrogens is 396 g/mol. The van der Waals surface area contributed by atoms with Gasteiger partial charge in [0, 0.05) is 40.8 Å². The number of ether oxygens (including phenoxy) is 1. The largest absolute Gasteiger partial charge is 0.464 e. The summed E-state index contributed by atoms with van der Waals surface area (Å²) in [6.07, 6.45) is 2.62. The van der Waals surface area contributed by atoms with Crippen molar-refractivity contribution >= 4 is 28.6 Å². The van der Waals surface area contributed by atoms with Crippen molar-refractivity contribution < 1.29 is 14.7 Å². The molecule has 0 atom stereocenters. The average Bonchev–Trinajstić information content (AvgIpc) is 3.27. The summed E-state index contributed by atoms with van der Waals surface area (Å²) in [4.78, 5) is 20.5. The van der Waals surface area contributed by atoms with E-state index in [9.17, 15) is 10.0 Å². The molecule has 7 nitrogen and oxygen atoms in total. The lowest BCUT2D eigenvalue weighted by atomic mass is 9.79. The van der Waals surface area contributed by atoms with Crippen LogP contribution in [-0.2, 0) is 11.2 Å². The van der Waals surface area contributed by atoms with Gasteiger partial charge in [-0.15, -0.1) is 22.7 Å². The lowest BCUT2D eigenvalue weighted by molar-refractivity contribution is -0.246. The number of rotatable bonds is 6. The van der Waals surface area contributed by atoms with Crippen molar-refractivity contribution in [1.82, 2.24) is 20.3 Å². The minimum Gasteiger partial charge on any atom is -0.464 e. The number of carbonyl (C=O) groups is 1. The number of nitrogens with zero attached hydrogens (tertiary/aromatic N) is 3. The normalized spacial score (nSPS) is 19.6. The summed E-state index contributed by atoms with van der Waals surface area (Å²) in [5, 5.41) is 21.0. The molecule has 2 aromatic heterocycles. The predicted octanol–water partition coefficient (Wildman–Crippen LogP) is 3.60. The van der Waals surface area contributed by atoms with E-state index in [-0.39, 0.29) is 11.1 Å². The van der Waals surface area contributed by atoms with E-state index in [2.05, 4.69) is 43.0 Å². The summed E-state index contributed by atoms with van der Waals surface area (Å²) in [7, 11) is 1.35. The fraction of sp³-hybridized carbons (Fsp3) is 0.632. The van der Waals surface area contributed by atoms with Gasteiger partial charge in [0.15, 0.2) is 5.69 Å². The quantitative estimate of drug-likeness (QED) is 0.685. The Balaban J connectivity index is 1.55. The average molecular weight is 425 g/mol. The van der Waals surface area contributed by atoms with Gasteiger partial charge >= 0.3 is 5.97 Å². The van der Waals surface area contributed by atoms with Crippen LogP contribution in [0.1, 0.15) is 56.0 Å². The second kappa shape index (κ2) is 8.16. The van der Waals surface area contributed by atoms with E-state index in [0.29, 0.717) is 11.7 Å². The van der Waals surface area contributed by atoms with Crippen LogP contribution in [0, 0.1) is 0 Å². The van der Waals surface area contributed by atoms with Gasteiger partial charge in [-0.2, -0.15) is 5.06 Å². The van der Waals surface area contributed by atoms with E-state index in [4.69, 9.17) is 4.74 Å². The molecule has 0 radical (unpaired) electrons. The van der Waals surface area contributed by atoms with Crippen LogP contribution in [-0.4, -0.2) is 57.0 Å². The van der Waals surface area contributed by atoms with Gasteiger partial charge in [0.05, 0.1) is 12.1 Å². The van der Waals surface area contributed by atoms with Crippen molar-refractivity contribution in [2.45, 2.75) is 64.1 Å². The lowest BCUT2D eigenvalue weighted by Gasteiger charge is -2.51. The van der Waals surface area contributed by atoms with Crippen molar-refractivity contribution in [1.29, 1.82) is 0 Å². The molecule has 1 saturated heterocycles. The first-order chi connectivity index (χ1) is 13.1. The van der Waals surface area contributed by atoms with Crippen molar-refractivity contribution in [2.75, 3.05) is 13.7 Å². The Kier molecular flexibility index (Phi) is 6.21. The van der Waals surface area contributed by atoms with Crippen LogP contribution in [0.2, 0.25) is 0 Å². The third-order valence-electron chi connectivity index (χ3n) is 5.08. The molecule has 0 aromatic carbocycles. The minimum absolute atomic E-state index is 0.254. The smallest absolute Gasteiger partial charge is 0.357 e. The number of piperidine rings is 1. The van der Waals surface area contributed by atoms with Crippen LogP contribution in [0.3, 0.4) is 0 Å². The molecule has 1 aliphatic rings. The summed E-state index contributed by atoms with van der Waals surface area (Å²) >= 11 is 3.00. The zero-order valence-corrected chi connectivity index (χ0v) is 18.6. The van der Waals surface area contributed by atoms with Crippen molar-refractivity contribution in [3.8, 4) is 10.7 Å². The summed E-state index contributed by atoms with van der Waals surface area (Å²) in [6.45, 7) is 9.14. The van der Waals surface area contributed by atoms with Crippen LogP contribution >= 0.6 is 22.7 Å². The molecule has 0 spiro atoms. The van der Waals surface area contributed by atoms with Crippen molar-refractivity contribution in [3.63, 3.8) is 0 Å². The Morgan fingerprint density at radius 1 is 1.25 bits per heavy atom. The Labute approximate surface area is 173 Å². The zero-order valence-electron chi connectivity index (χ0n) is 17.0. The van der Waals surface area contributed by atoms with Crippen LogP contribution in [0.25, 0.3) is 10.7 Å². The van der Waals surface area contributed by atoms with Gasteiger partial charge in [0.25, 0.3) is 0 Å². The minimum atomic E-state index is -0.429. The number of thiazole rings is 2. The van der Waals surface area contributed by atoms with E-state index >= 15 is 0 Å². The lowest BCUT2D eigenvalue weighted by Crippen LogP contribution is -2.62. The highest BCUT2D eigenvalue weighted by Crippen LogP contribution is 2.36. The summed E-state index contributed by atoms with van der Waals surface area (Å²) < 4.78 is 4.70. The van der Waals surface area contributed by atoms with Gasteiger partial charge in [-0.25, -0.2) is 14.8 Å². The van der Waals surface area contributed by atoms with Crippen LogP contribution in [0.5, 0.6) is 0 Å². The second-order valence-electron chi connectivity index (χ2n) is 8.40. The highest BCUT2D eigenvalue weighted by molar-refractivity contribution is 7.14. The summed E-state index contributed by atoms with van der Waals surface area (Å²) in [6, 6.07) is 0.356. The molecule has 0 saturated carbocycles. The van der Waals surface area contributed by atoms with Gasteiger partial charge in [0.2, 0.25) is 0 Å². The highest BCUT2D eigenvalue weighted by atomic mass is 32.1. The molecule has 3 heterocycles. The molecule has 3 rings (SSSR count). The van der Waals surface area contributed by atoms with Crippen molar-refractivity contribution in [2.24, 2.45) is 0 Å². The summed E-state index contributed by atoms with van der Waals surface area (Å²) in [5.74, 6) is -0.429. The molecule has 9 heteroatoms. The molecule has 0 bridgehead atoms. The Morgan fingerprint density at radius 3 is 2.57 bits per heavy atom.